The van der Waals surface area contributed by atoms with E-state index in [9.17, 15) is 4.79 Å². The molecule has 1 amide bonds. The number of terminal acetylenes is 1. The summed E-state index contributed by atoms with van der Waals surface area (Å²) in [6.45, 7) is 6.33. The molecule has 0 unspecified atom stereocenters. The molecule has 2 rings (SSSR count). The van der Waals surface area contributed by atoms with E-state index in [1.165, 1.54) is 6.92 Å². The highest BCUT2D eigenvalue weighted by molar-refractivity contribution is 5.90. The molecule has 0 radical (unpaired) electrons. The Labute approximate surface area is 126 Å². The van der Waals surface area contributed by atoms with Crippen molar-refractivity contribution in [3.05, 3.63) is 23.8 Å². The van der Waals surface area contributed by atoms with E-state index in [1.807, 2.05) is 19.1 Å². The summed E-state index contributed by atoms with van der Waals surface area (Å²) in [6, 6.07) is 6.56. The molecule has 1 aromatic carbocycles. The zero-order chi connectivity index (χ0) is 15.2. The largest absolute Gasteiger partial charge is 0.382 e. The Bertz CT molecular complexity index is 539. The zero-order valence-corrected chi connectivity index (χ0v) is 12.8. The van der Waals surface area contributed by atoms with E-state index in [1.54, 1.807) is 0 Å². The second-order valence-corrected chi connectivity index (χ2v) is 5.61. The van der Waals surface area contributed by atoms with E-state index >= 15 is 0 Å². The van der Waals surface area contributed by atoms with Crippen molar-refractivity contribution in [2.24, 2.45) is 0 Å². The number of carbonyl (C=O) groups is 1. The fourth-order valence-electron chi connectivity index (χ4n) is 2.64. The van der Waals surface area contributed by atoms with Crippen LogP contribution in [0.5, 0.6) is 0 Å². The summed E-state index contributed by atoms with van der Waals surface area (Å²) in [6.07, 6.45) is 7.52. The molecule has 1 aliphatic heterocycles. The van der Waals surface area contributed by atoms with Crippen molar-refractivity contribution in [2.75, 3.05) is 30.3 Å². The van der Waals surface area contributed by atoms with Gasteiger partial charge >= 0.3 is 0 Å². The van der Waals surface area contributed by atoms with Gasteiger partial charge < -0.3 is 10.6 Å². The number of anilines is 2. The summed E-state index contributed by atoms with van der Waals surface area (Å²) in [5.41, 5.74) is 3.00. The lowest BCUT2D eigenvalue weighted by Crippen LogP contribution is -2.39. The highest BCUT2D eigenvalue weighted by Gasteiger charge is 2.18. The maximum Gasteiger partial charge on any atom is 0.221 e. The third-order valence-corrected chi connectivity index (χ3v) is 3.82. The van der Waals surface area contributed by atoms with E-state index in [0.717, 1.165) is 49.4 Å². The smallest absolute Gasteiger partial charge is 0.221 e. The Morgan fingerprint density at radius 1 is 1.43 bits per heavy atom. The number of nitrogens with one attached hydrogen (secondary N) is 2. The van der Waals surface area contributed by atoms with Gasteiger partial charge in [-0.05, 0) is 37.5 Å². The van der Waals surface area contributed by atoms with Gasteiger partial charge in [-0.15, -0.1) is 6.42 Å². The highest BCUT2D eigenvalue weighted by atomic mass is 16.1. The molecule has 0 spiro atoms. The van der Waals surface area contributed by atoms with E-state index in [0.29, 0.717) is 6.04 Å². The van der Waals surface area contributed by atoms with Crippen LogP contribution in [0.4, 0.5) is 11.4 Å². The van der Waals surface area contributed by atoms with Crippen LogP contribution < -0.4 is 10.6 Å². The predicted octanol–water partition coefficient (Wildman–Crippen LogP) is 2.46. The standard InChI is InChI=1S/C17H23N3O/c1-4-9-20-10-7-15(8-11-20)19-16-6-5-13(2)17(12-16)18-14(3)21/h1,5-6,12,15,19H,7-11H2,2-3H3,(H,18,21). The summed E-state index contributed by atoms with van der Waals surface area (Å²) in [4.78, 5) is 13.5. The van der Waals surface area contributed by atoms with Gasteiger partial charge in [-0.1, -0.05) is 12.0 Å². The van der Waals surface area contributed by atoms with Crippen LogP contribution >= 0.6 is 0 Å². The van der Waals surface area contributed by atoms with Crippen LogP contribution in [0.25, 0.3) is 0 Å². The first-order chi connectivity index (χ1) is 10.1. The van der Waals surface area contributed by atoms with E-state index in [4.69, 9.17) is 6.42 Å². The zero-order valence-electron chi connectivity index (χ0n) is 12.8. The Morgan fingerprint density at radius 2 is 2.14 bits per heavy atom. The minimum atomic E-state index is -0.0437. The third kappa shape index (κ3) is 4.51. The lowest BCUT2D eigenvalue weighted by atomic mass is 10.0. The van der Waals surface area contributed by atoms with Crippen molar-refractivity contribution in [3.8, 4) is 12.3 Å². The summed E-state index contributed by atoms with van der Waals surface area (Å²) in [7, 11) is 0. The molecule has 1 aromatic rings. The van der Waals surface area contributed by atoms with Crippen LogP contribution in [0.2, 0.25) is 0 Å². The molecule has 112 valence electrons. The van der Waals surface area contributed by atoms with E-state index in [-0.39, 0.29) is 5.91 Å². The lowest BCUT2D eigenvalue weighted by Gasteiger charge is -2.31. The average molecular weight is 285 g/mol. The second-order valence-electron chi connectivity index (χ2n) is 5.61. The molecule has 0 atom stereocenters. The minimum Gasteiger partial charge on any atom is -0.382 e. The summed E-state index contributed by atoms with van der Waals surface area (Å²) in [5.74, 6) is 2.66. The number of amides is 1. The Kier molecular flexibility index (Phi) is 5.24. The Morgan fingerprint density at radius 3 is 2.76 bits per heavy atom. The number of piperidine rings is 1. The summed E-state index contributed by atoms with van der Waals surface area (Å²) >= 11 is 0. The van der Waals surface area contributed by atoms with Crippen LogP contribution in [-0.4, -0.2) is 36.5 Å². The van der Waals surface area contributed by atoms with Gasteiger partial charge in [0.15, 0.2) is 0 Å². The molecule has 1 fully saturated rings. The summed E-state index contributed by atoms with van der Waals surface area (Å²) < 4.78 is 0. The molecule has 1 saturated heterocycles. The van der Waals surface area contributed by atoms with Crippen molar-refractivity contribution in [3.63, 3.8) is 0 Å². The number of likely N-dealkylation sites (tertiary alicyclic amines) is 1. The predicted molar refractivity (Wildman–Crippen MR) is 87.4 cm³/mol. The molecular formula is C17H23N3O. The molecule has 4 heteroatoms. The fraction of sp³-hybridized carbons (Fsp3) is 0.471. The number of aryl methyl sites for hydroxylation is 1. The number of benzene rings is 1. The number of carbonyl (C=O) groups excluding carboxylic acids is 1. The SMILES string of the molecule is C#CCN1CCC(Nc2ccc(C)c(NC(C)=O)c2)CC1. The highest BCUT2D eigenvalue weighted by Crippen LogP contribution is 2.23. The van der Waals surface area contributed by atoms with Crippen molar-refractivity contribution >= 4 is 17.3 Å². The number of hydrogen-bond donors (Lipinski definition) is 2. The van der Waals surface area contributed by atoms with Crippen molar-refractivity contribution in [2.45, 2.75) is 32.7 Å². The van der Waals surface area contributed by atoms with Gasteiger partial charge in [-0.2, -0.15) is 0 Å². The fourth-order valence-corrected chi connectivity index (χ4v) is 2.64. The van der Waals surface area contributed by atoms with E-state index < -0.39 is 0 Å². The quantitative estimate of drug-likeness (QED) is 0.835. The van der Waals surface area contributed by atoms with Crippen molar-refractivity contribution < 1.29 is 4.79 Å². The van der Waals surface area contributed by atoms with E-state index in [2.05, 4.69) is 27.5 Å². The molecule has 4 nitrogen and oxygen atoms in total. The van der Waals surface area contributed by atoms with Crippen molar-refractivity contribution in [1.82, 2.24) is 4.90 Å². The van der Waals surface area contributed by atoms with Crippen LogP contribution in [0.3, 0.4) is 0 Å². The molecular weight excluding hydrogens is 262 g/mol. The lowest BCUT2D eigenvalue weighted by molar-refractivity contribution is -0.114. The Balaban J connectivity index is 1.95. The number of nitrogens with zero attached hydrogens (tertiary/aromatic N) is 1. The molecule has 1 heterocycles. The van der Waals surface area contributed by atoms with Gasteiger partial charge in [-0.3, -0.25) is 9.69 Å². The number of hydrogen-bond acceptors (Lipinski definition) is 3. The first kappa shape index (κ1) is 15.4. The molecule has 0 aliphatic carbocycles. The molecule has 1 aliphatic rings. The average Bonchev–Trinajstić information content (AvgIpc) is 2.44. The van der Waals surface area contributed by atoms with Crippen LogP contribution in [0.15, 0.2) is 18.2 Å². The monoisotopic (exact) mass is 285 g/mol. The first-order valence-electron chi connectivity index (χ1n) is 7.39. The van der Waals surface area contributed by atoms with Gasteiger partial charge in [0.2, 0.25) is 5.91 Å². The van der Waals surface area contributed by atoms with Crippen LogP contribution in [-0.2, 0) is 4.79 Å². The minimum absolute atomic E-state index is 0.0437. The topological polar surface area (TPSA) is 44.4 Å². The first-order valence-corrected chi connectivity index (χ1v) is 7.39. The normalized spacial score (nSPS) is 16.2. The van der Waals surface area contributed by atoms with Gasteiger partial charge in [0.1, 0.15) is 0 Å². The molecule has 0 saturated carbocycles. The maximum absolute atomic E-state index is 11.2. The van der Waals surface area contributed by atoms with Crippen LogP contribution in [0, 0.1) is 19.3 Å². The van der Waals surface area contributed by atoms with Gasteiger partial charge in [0, 0.05) is 37.4 Å². The second kappa shape index (κ2) is 7.14. The molecule has 0 bridgehead atoms. The summed E-state index contributed by atoms with van der Waals surface area (Å²) in [5, 5.41) is 6.42. The van der Waals surface area contributed by atoms with Crippen molar-refractivity contribution in [1.29, 1.82) is 0 Å². The molecule has 21 heavy (non-hydrogen) atoms. The maximum atomic E-state index is 11.2. The third-order valence-electron chi connectivity index (χ3n) is 3.82. The number of rotatable bonds is 4. The van der Waals surface area contributed by atoms with Gasteiger partial charge in [-0.25, -0.2) is 0 Å². The van der Waals surface area contributed by atoms with Gasteiger partial charge in [0.05, 0.1) is 6.54 Å². The van der Waals surface area contributed by atoms with Gasteiger partial charge in [0.25, 0.3) is 0 Å². The van der Waals surface area contributed by atoms with Crippen LogP contribution in [0.1, 0.15) is 25.3 Å². The molecule has 2 N–H and O–H groups in total. The Hall–Kier alpha value is -1.99. The molecule has 0 aromatic heterocycles.